The van der Waals surface area contributed by atoms with E-state index in [9.17, 15) is 13.2 Å². The third kappa shape index (κ3) is 5.01. The molecule has 118 valence electrons. The summed E-state index contributed by atoms with van der Waals surface area (Å²) < 4.78 is 29.8. The number of hydrogen-bond donors (Lipinski definition) is 2. The average molecular weight is 307 g/mol. The van der Waals surface area contributed by atoms with E-state index in [1.807, 2.05) is 0 Å². The van der Waals surface area contributed by atoms with Crippen LogP contribution in [0.1, 0.15) is 26.2 Å². The van der Waals surface area contributed by atoms with Gasteiger partial charge in [-0.1, -0.05) is 0 Å². The molecule has 1 heterocycles. The first kappa shape index (κ1) is 17.4. The number of ether oxygens (including phenoxy) is 1. The van der Waals surface area contributed by atoms with E-state index in [2.05, 4.69) is 5.32 Å². The van der Waals surface area contributed by atoms with Crippen molar-refractivity contribution in [1.82, 2.24) is 9.62 Å². The second-order valence-corrected chi connectivity index (χ2v) is 7.29. The topological polar surface area (TPSA) is 102 Å². The van der Waals surface area contributed by atoms with Crippen molar-refractivity contribution < 1.29 is 17.9 Å². The van der Waals surface area contributed by atoms with Gasteiger partial charge in [-0.05, 0) is 26.2 Å². The molecule has 0 bridgehead atoms. The van der Waals surface area contributed by atoms with E-state index in [4.69, 9.17) is 10.5 Å². The number of carbonyl (C=O) groups is 1. The highest BCUT2D eigenvalue weighted by molar-refractivity contribution is 7.89. The summed E-state index contributed by atoms with van der Waals surface area (Å²) in [6, 6.07) is 0. The largest absolute Gasteiger partial charge is 0.364 e. The molecule has 3 N–H and O–H groups in total. The fraction of sp³-hybridized carbons (Fsp3) is 0.917. The van der Waals surface area contributed by atoms with Gasteiger partial charge in [-0.15, -0.1) is 0 Å². The molecule has 0 spiro atoms. The Labute approximate surface area is 120 Å². The molecule has 0 aliphatic carbocycles. The summed E-state index contributed by atoms with van der Waals surface area (Å²) in [5.41, 5.74) is 5.49. The molecule has 1 aliphatic heterocycles. The number of rotatable bonds is 8. The van der Waals surface area contributed by atoms with Gasteiger partial charge < -0.3 is 15.8 Å². The first-order valence-corrected chi connectivity index (χ1v) is 8.59. The van der Waals surface area contributed by atoms with Gasteiger partial charge >= 0.3 is 0 Å². The van der Waals surface area contributed by atoms with Crippen molar-refractivity contribution in [3.8, 4) is 0 Å². The van der Waals surface area contributed by atoms with Gasteiger partial charge in [0.15, 0.2) is 0 Å². The average Bonchev–Trinajstić information content (AvgIpc) is 2.91. The molecule has 0 aromatic rings. The zero-order chi connectivity index (χ0) is 15.2. The third-order valence-corrected chi connectivity index (χ3v) is 5.31. The fourth-order valence-corrected chi connectivity index (χ4v) is 2.91. The van der Waals surface area contributed by atoms with Gasteiger partial charge in [0.25, 0.3) is 0 Å². The minimum Gasteiger partial charge on any atom is -0.364 e. The summed E-state index contributed by atoms with van der Waals surface area (Å²) in [6.45, 7) is 2.88. The number of sulfonamides is 1. The highest BCUT2D eigenvalue weighted by Gasteiger charge is 2.29. The second-order valence-electron chi connectivity index (χ2n) is 4.93. The zero-order valence-electron chi connectivity index (χ0n) is 12.2. The van der Waals surface area contributed by atoms with Crippen LogP contribution in [0.25, 0.3) is 0 Å². The van der Waals surface area contributed by atoms with Crippen LogP contribution in [0.4, 0.5) is 0 Å². The van der Waals surface area contributed by atoms with Crippen LogP contribution in [-0.4, -0.2) is 63.3 Å². The van der Waals surface area contributed by atoms with E-state index in [1.54, 1.807) is 14.0 Å². The maximum atomic E-state index is 11.8. The molecule has 0 aromatic carbocycles. The Morgan fingerprint density at radius 3 is 2.70 bits per heavy atom. The molecule has 1 fully saturated rings. The number of amides is 1. The van der Waals surface area contributed by atoms with Crippen LogP contribution in [0.15, 0.2) is 0 Å². The minimum absolute atomic E-state index is 0.0217. The van der Waals surface area contributed by atoms with E-state index in [-0.39, 0.29) is 17.8 Å². The Hall–Kier alpha value is -0.700. The maximum Gasteiger partial charge on any atom is 0.249 e. The Bertz CT molecular complexity index is 413. The lowest BCUT2D eigenvalue weighted by atomic mass is 10.2. The molecule has 0 saturated carbocycles. The van der Waals surface area contributed by atoms with Crippen LogP contribution in [0.5, 0.6) is 0 Å². The number of nitrogens with zero attached hydrogens (tertiary/aromatic N) is 1. The minimum atomic E-state index is -3.14. The molecule has 2 atom stereocenters. The van der Waals surface area contributed by atoms with Crippen molar-refractivity contribution in [3.63, 3.8) is 0 Å². The first-order valence-electron chi connectivity index (χ1n) is 6.98. The van der Waals surface area contributed by atoms with E-state index < -0.39 is 16.1 Å². The van der Waals surface area contributed by atoms with Crippen molar-refractivity contribution in [2.24, 2.45) is 5.73 Å². The van der Waals surface area contributed by atoms with Gasteiger partial charge in [-0.25, -0.2) is 12.7 Å². The molecule has 1 rings (SSSR count). The standard InChI is InChI=1S/C12H25N3O4S/c1-3-20(17,18)15(2)8-4-7-14-12(16)11-6-5-10(9-13)19-11/h10-11H,3-9,13H2,1-2H3,(H,14,16)/t10-,11+/m1/s1. The molecule has 20 heavy (non-hydrogen) atoms. The molecule has 0 aromatic heterocycles. The van der Waals surface area contributed by atoms with E-state index in [1.165, 1.54) is 4.31 Å². The molecule has 1 saturated heterocycles. The summed E-state index contributed by atoms with van der Waals surface area (Å²) in [5.74, 6) is -0.0475. The molecule has 0 radical (unpaired) electrons. The normalized spacial score (nSPS) is 23.2. The van der Waals surface area contributed by atoms with Crippen molar-refractivity contribution in [2.75, 3.05) is 32.4 Å². The molecule has 1 amide bonds. The summed E-state index contributed by atoms with van der Waals surface area (Å²) in [6.07, 6.45) is 1.64. The van der Waals surface area contributed by atoms with Crippen LogP contribution in [0.2, 0.25) is 0 Å². The predicted molar refractivity (Wildman–Crippen MR) is 76.7 cm³/mol. The first-order chi connectivity index (χ1) is 9.40. The fourth-order valence-electron chi connectivity index (χ4n) is 2.06. The monoisotopic (exact) mass is 307 g/mol. The Morgan fingerprint density at radius 2 is 2.15 bits per heavy atom. The van der Waals surface area contributed by atoms with Gasteiger partial charge in [0.1, 0.15) is 6.10 Å². The highest BCUT2D eigenvalue weighted by atomic mass is 32.2. The maximum absolute atomic E-state index is 11.8. The molecule has 0 unspecified atom stereocenters. The predicted octanol–water partition coefficient (Wildman–Crippen LogP) is -0.719. The number of carbonyl (C=O) groups excluding carboxylic acids is 1. The van der Waals surface area contributed by atoms with Crippen LogP contribution in [-0.2, 0) is 19.6 Å². The number of hydrogen-bond acceptors (Lipinski definition) is 5. The number of nitrogens with one attached hydrogen (secondary N) is 1. The van der Waals surface area contributed by atoms with Crippen LogP contribution in [0, 0.1) is 0 Å². The molecular weight excluding hydrogens is 282 g/mol. The van der Waals surface area contributed by atoms with E-state index in [0.29, 0.717) is 32.5 Å². The summed E-state index contributed by atoms with van der Waals surface area (Å²) in [7, 11) is -1.59. The van der Waals surface area contributed by atoms with Crippen LogP contribution < -0.4 is 11.1 Å². The molecule has 7 nitrogen and oxygen atoms in total. The molecule has 1 aliphatic rings. The molecule has 8 heteroatoms. The van der Waals surface area contributed by atoms with Gasteiger partial charge in [0.05, 0.1) is 11.9 Å². The van der Waals surface area contributed by atoms with Gasteiger partial charge in [-0.2, -0.15) is 0 Å². The number of nitrogens with two attached hydrogens (primary N) is 1. The van der Waals surface area contributed by atoms with E-state index >= 15 is 0 Å². The summed E-state index contributed by atoms with van der Waals surface area (Å²) in [4.78, 5) is 11.8. The Morgan fingerprint density at radius 1 is 1.45 bits per heavy atom. The van der Waals surface area contributed by atoms with Crippen molar-refractivity contribution in [2.45, 2.75) is 38.4 Å². The van der Waals surface area contributed by atoms with Gasteiger partial charge in [0.2, 0.25) is 15.9 Å². The highest BCUT2D eigenvalue weighted by Crippen LogP contribution is 2.18. The lowest BCUT2D eigenvalue weighted by Crippen LogP contribution is -2.37. The Balaban J connectivity index is 2.20. The smallest absolute Gasteiger partial charge is 0.249 e. The SMILES string of the molecule is CCS(=O)(=O)N(C)CCCNC(=O)[C@@H]1CC[C@H](CN)O1. The van der Waals surface area contributed by atoms with Crippen molar-refractivity contribution in [1.29, 1.82) is 0 Å². The zero-order valence-corrected chi connectivity index (χ0v) is 13.0. The lowest BCUT2D eigenvalue weighted by molar-refractivity contribution is -0.131. The quantitative estimate of drug-likeness (QED) is 0.576. The third-order valence-electron chi connectivity index (χ3n) is 3.45. The van der Waals surface area contributed by atoms with Gasteiger partial charge in [0, 0.05) is 26.7 Å². The Kier molecular flexibility index (Phi) is 6.87. The lowest BCUT2D eigenvalue weighted by Gasteiger charge is -2.16. The summed E-state index contributed by atoms with van der Waals surface area (Å²) >= 11 is 0. The molecular formula is C12H25N3O4S. The van der Waals surface area contributed by atoms with E-state index in [0.717, 1.165) is 6.42 Å². The van der Waals surface area contributed by atoms with Gasteiger partial charge in [-0.3, -0.25) is 4.79 Å². The summed E-state index contributed by atoms with van der Waals surface area (Å²) in [5, 5.41) is 2.77. The van der Waals surface area contributed by atoms with Crippen LogP contribution in [0.3, 0.4) is 0 Å². The van der Waals surface area contributed by atoms with Crippen LogP contribution >= 0.6 is 0 Å². The van der Waals surface area contributed by atoms with Crippen molar-refractivity contribution in [3.05, 3.63) is 0 Å². The van der Waals surface area contributed by atoms with Crippen molar-refractivity contribution >= 4 is 15.9 Å². The second kappa shape index (κ2) is 7.92.